The Morgan fingerprint density at radius 1 is 1.53 bits per heavy atom. The average Bonchev–Trinajstić information content (AvgIpc) is 2.26. The highest BCUT2D eigenvalue weighted by atomic mass is 16.4. The van der Waals surface area contributed by atoms with Gasteiger partial charge in [0, 0.05) is 0 Å². The van der Waals surface area contributed by atoms with Crippen LogP contribution in [0.15, 0.2) is 0 Å². The van der Waals surface area contributed by atoms with Crippen molar-refractivity contribution < 1.29 is 14.7 Å². The maximum absolute atomic E-state index is 11.6. The molecule has 0 aliphatic carbocycles. The number of rotatable bonds is 4. The summed E-state index contributed by atoms with van der Waals surface area (Å²) in [5.41, 5.74) is 0. The Morgan fingerprint density at radius 3 is 2.73 bits per heavy atom. The summed E-state index contributed by atoms with van der Waals surface area (Å²) in [4.78, 5) is 22.3. The fourth-order valence-electron chi connectivity index (χ4n) is 1.69. The Morgan fingerprint density at radius 2 is 2.27 bits per heavy atom. The number of hydrogen-bond acceptors (Lipinski definition) is 3. The number of carbonyl (C=O) groups excluding carboxylic acids is 1. The van der Waals surface area contributed by atoms with Crippen molar-refractivity contribution in [1.29, 1.82) is 0 Å². The Balaban J connectivity index is 2.42. The molecule has 1 amide bonds. The first-order valence-electron chi connectivity index (χ1n) is 5.41. The van der Waals surface area contributed by atoms with Crippen LogP contribution in [-0.4, -0.2) is 35.6 Å². The molecule has 0 bridgehead atoms. The number of aliphatic carboxylic acids is 1. The summed E-state index contributed by atoms with van der Waals surface area (Å²) in [5, 5.41) is 14.4. The number of piperidine rings is 1. The van der Waals surface area contributed by atoms with Gasteiger partial charge in [0.2, 0.25) is 5.91 Å². The minimum absolute atomic E-state index is 0.191. The summed E-state index contributed by atoms with van der Waals surface area (Å²) in [6, 6.07) is -0.978. The maximum Gasteiger partial charge on any atom is 0.326 e. The second kappa shape index (κ2) is 5.70. The van der Waals surface area contributed by atoms with Gasteiger partial charge in [0.15, 0.2) is 0 Å². The van der Waals surface area contributed by atoms with Crippen molar-refractivity contribution in [3.05, 3.63) is 0 Å². The Kier molecular flexibility index (Phi) is 4.55. The molecular formula is C10H18N2O3. The molecule has 0 radical (unpaired) electrons. The molecule has 2 atom stereocenters. The van der Waals surface area contributed by atoms with Crippen LogP contribution in [0.1, 0.15) is 32.6 Å². The van der Waals surface area contributed by atoms with Gasteiger partial charge < -0.3 is 15.7 Å². The van der Waals surface area contributed by atoms with Gasteiger partial charge in [0.25, 0.3) is 0 Å². The van der Waals surface area contributed by atoms with Gasteiger partial charge in [-0.2, -0.15) is 0 Å². The summed E-state index contributed by atoms with van der Waals surface area (Å²) >= 11 is 0. The molecular weight excluding hydrogens is 196 g/mol. The molecule has 1 aliphatic heterocycles. The lowest BCUT2D eigenvalue weighted by atomic mass is 10.0. The average molecular weight is 214 g/mol. The fourth-order valence-corrected chi connectivity index (χ4v) is 1.69. The first kappa shape index (κ1) is 12.0. The summed E-state index contributed by atoms with van der Waals surface area (Å²) in [5.74, 6) is -1.16. The molecule has 0 aromatic rings. The van der Waals surface area contributed by atoms with Crippen molar-refractivity contribution in [2.45, 2.75) is 44.7 Å². The normalized spacial score (nSPS) is 23.1. The Bertz CT molecular complexity index is 237. The van der Waals surface area contributed by atoms with E-state index in [1.807, 2.05) is 0 Å². The molecule has 1 aliphatic rings. The molecule has 1 saturated heterocycles. The SMILES string of the molecule is CC[C@@H](NC(=O)[C@@H]1CCCCN1)C(=O)O. The van der Waals surface area contributed by atoms with E-state index in [1.165, 1.54) is 0 Å². The lowest BCUT2D eigenvalue weighted by Crippen LogP contribution is -2.51. The van der Waals surface area contributed by atoms with Gasteiger partial charge in [-0.15, -0.1) is 0 Å². The van der Waals surface area contributed by atoms with Crippen molar-refractivity contribution >= 4 is 11.9 Å². The minimum atomic E-state index is -0.971. The molecule has 86 valence electrons. The zero-order valence-corrected chi connectivity index (χ0v) is 8.95. The molecule has 15 heavy (non-hydrogen) atoms. The summed E-state index contributed by atoms with van der Waals surface area (Å²) in [6.07, 6.45) is 3.31. The topological polar surface area (TPSA) is 78.4 Å². The van der Waals surface area contributed by atoms with Crippen LogP contribution in [0.25, 0.3) is 0 Å². The minimum Gasteiger partial charge on any atom is -0.480 e. The van der Waals surface area contributed by atoms with Gasteiger partial charge in [-0.3, -0.25) is 4.79 Å². The third kappa shape index (κ3) is 3.51. The number of carboxylic acids is 1. The van der Waals surface area contributed by atoms with Crippen LogP contribution in [0, 0.1) is 0 Å². The van der Waals surface area contributed by atoms with E-state index >= 15 is 0 Å². The van der Waals surface area contributed by atoms with E-state index in [-0.39, 0.29) is 11.9 Å². The van der Waals surface area contributed by atoms with Gasteiger partial charge >= 0.3 is 5.97 Å². The zero-order chi connectivity index (χ0) is 11.3. The second-order valence-electron chi connectivity index (χ2n) is 3.81. The third-order valence-corrected chi connectivity index (χ3v) is 2.65. The number of nitrogens with one attached hydrogen (secondary N) is 2. The Hall–Kier alpha value is -1.10. The van der Waals surface area contributed by atoms with Gasteiger partial charge in [0.05, 0.1) is 6.04 Å². The molecule has 0 unspecified atom stereocenters. The van der Waals surface area contributed by atoms with Gasteiger partial charge in [-0.05, 0) is 25.8 Å². The van der Waals surface area contributed by atoms with Gasteiger partial charge in [0.1, 0.15) is 6.04 Å². The van der Waals surface area contributed by atoms with E-state index in [2.05, 4.69) is 10.6 Å². The van der Waals surface area contributed by atoms with Gasteiger partial charge in [-0.25, -0.2) is 4.79 Å². The zero-order valence-electron chi connectivity index (χ0n) is 8.95. The highest BCUT2D eigenvalue weighted by molar-refractivity contribution is 5.86. The van der Waals surface area contributed by atoms with Crippen molar-refractivity contribution in [1.82, 2.24) is 10.6 Å². The van der Waals surface area contributed by atoms with E-state index in [0.29, 0.717) is 6.42 Å². The first-order chi connectivity index (χ1) is 7.15. The van der Waals surface area contributed by atoms with Crippen LogP contribution in [0.4, 0.5) is 0 Å². The number of carboxylic acid groups (broad SMARTS) is 1. The van der Waals surface area contributed by atoms with Crippen molar-refractivity contribution in [3.8, 4) is 0 Å². The molecule has 1 rings (SSSR count). The smallest absolute Gasteiger partial charge is 0.326 e. The number of carbonyl (C=O) groups is 2. The fraction of sp³-hybridized carbons (Fsp3) is 0.800. The largest absolute Gasteiger partial charge is 0.480 e. The molecule has 3 N–H and O–H groups in total. The highest BCUT2D eigenvalue weighted by Gasteiger charge is 2.24. The van der Waals surface area contributed by atoms with Crippen LogP contribution in [0.3, 0.4) is 0 Å². The molecule has 0 saturated carbocycles. The van der Waals surface area contributed by atoms with E-state index in [0.717, 1.165) is 25.8 Å². The van der Waals surface area contributed by atoms with E-state index in [4.69, 9.17) is 5.11 Å². The van der Waals surface area contributed by atoms with Gasteiger partial charge in [-0.1, -0.05) is 13.3 Å². The number of amides is 1. The van der Waals surface area contributed by atoms with E-state index < -0.39 is 12.0 Å². The number of hydrogen-bond donors (Lipinski definition) is 3. The molecule has 0 aromatic carbocycles. The molecule has 5 nitrogen and oxygen atoms in total. The monoisotopic (exact) mass is 214 g/mol. The van der Waals surface area contributed by atoms with Crippen LogP contribution in [0.2, 0.25) is 0 Å². The Labute approximate surface area is 89.2 Å². The van der Waals surface area contributed by atoms with Crippen LogP contribution in [-0.2, 0) is 9.59 Å². The molecule has 5 heteroatoms. The highest BCUT2D eigenvalue weighted by Crippen LogP contribution is 2.07. The molecule has 1 fully saturated rings. The van der Waals surface area contributed by atoms with Crippen LogP contribution >= 0.6 is 0 Å². The summed E-state index contributed by atoms with van der Waals surface area (Å²) < 4.78 is 0. The standard InChI is InChI=1S/C10H18N2O3/c1-2-7(10(14)15)12-9(13)8-5-3-4-6-11-8/h7-8,11H,2-6H2,1H3,(H,12,13)(H,14,15)/t7-,8+/m1/s1. The third-order valence-electron chi connectivity index (χ3n) is 2.65. The van der Waals surface area contributed by atoms with Crippen molar-refractivity contribution in [2.75, 3.05) is 6.54 Å². The van der Waals surface area contributed by atoms with Crippen molar-refractivity contribution in [3.63, 3.8) is 0 Å². The van der Waals surface area contributed by atoms with Crippen molar-refractivity contribution in [2.24, 2.45) is 0 Å². The summed E-state index contributed by atoms with van der Waals surface area (Å²) in [7, 11) is 0. The lowest BCUT2D eigenvalue weighted by Gasteiger charge is -2.24. The second-order valence-corrected chi connectivity index (χ2v) is 3.81. The predicted octanol–water partition coefficient (Wildman–Crippen LogP) is 0.108. The lowest BCUT2D eigenvalue weighted by molar-refractivity contribution is -0.142. The summed E-state index contributed by atoms with van der Waals surface area (Å²) in [6.45, 7) is 2.58. The molecule has 0 spiro atoms. The molecule has 1 heterocycles. The van der Waals surface area contributed by atoms with E-state index in [1.54, 1.807) is 6.92 Å². The van der Waals surface area contributed by atoms with E-state index in [9.17, 15) is 9.59 Å². The first-order valence-corrected chi connectivity index (χ1v) is 5.41. The van der Waals surface area contributed by atoms with Crippen LogP contribution in [0.5, 0.6) is 0 Å². The van der Waals surface area contributed by atoms with Crippen LogP contribution < -0.4 is 10.6 Å². The maximum atomic E-state index is 11.6. The predicted molar refractivity (Wildman–Crippen MR) is 55.5 cm³/mol. The quantitative estimate of drug-likeness (QED) is 0.620. The molecule has 0 aromatic heterocycles.